The standard InChI is InChI=1S/C13H17BO3.C5H13NO2.C2H6/c1-12(2)13(3,4)17-14(16-12)11-7-5-10(9-15)6-8-11;1-6-2-4-8-5-3-7;1-2/h5-9H,1-4H3;6-7H,2-5H2,1H3;1-2H3. The number of aliphatic hydroxyl groups is 1. The summed E-state index contributed by atoms with van der Waals surface area (Å²) in [5, 5.41) is 11.1. The van der Waals surface area contributed by atoms with Gasteiger partial charge in [-0.15, -0.1) is 0 Å². The number of carbonyl (C=O) groups is 1. The maximum Gasteiger partial charge on any atom is 0.494 e. The maximum absolute atomic E-state index is 10.6. The molecule has 2 N–H and O–H groups in total. The first-order valence-electron chi connectivity index (χ1n) is 9.51. The highest BCUT2D eigenvalue weighted by Gasteiger charge is 2.51. The molecule has 0 unspecified atom stereocenters. The van der Waals surface area contributed by atoms with Gasteiger partial charge in [0, 0.05) is 12.1 Å². The van der Waals surface area contributed by atoms with E-state index >= 15 is 0 Å². The Morgan fingerprint density at radius 2 is 1.59 bits per heavy atom. The van der Waals surface area contributed by atoms with Gasteiger partial charge in [0.2, 0.25) is 0 Å². The zero-order valence-corrected chi connectivity index (χ0v) is 17.9. The normalized spacial score (nSPS) is 16.7. The molecule has 1 aliphatic rings. The minimum Gasteiger partial charge on any atom is -0.399 e. The Bertz CT molecular complexity index is 498. The van der Waals surface area contributed by atoms with E-state index in [0.717, 1.165) is 18.3 Å². The van der Waals surface area contributed by atoms with E-state index in [1.165, 1.54) is 0 Å². The molecular formula is C20H36BNO5. The summed E-state index contributed by atoms with van der Waals surface area (Å²) >= 11 is 0. The molecule has 154 valence electrons. The second-order valence-corrected chi connectivity index (χ2v) is 6.81. The molecule has 2 rings (SSSR count). The molecule has 27 heavy (non-hydrogen) atoms. The van der Waals surface area contributed by atoms with Crippen LogP contribution in [0.3, 0.4) is 0 Å². The third-order valence-electron chi connectivity index (χ3n) is 4.33. The number of aldehydes is 1. The molecule has 0 bridgehead atoms. The van der Waals surface area contributed by atoms with Crippen LogP contribution in [0.1, 0.15) is 51.9 Å². The predicted molar refractivity (Wildman–Crippen MR) is 111 cm³/mol. The lowest BCUT2D eigenvalue weighted by molar-refractivity contribution is 0.00578. The zero-order chi connectivity index (χ0) is 20.9. The second kappa shape index (κ2) is 13.0. The first-order valence-corrected chi connectivity index (χ1v) is 9.51. The van der Waals surface area contributed by atoms with Gasteiger partial charge in [0.15, 0.2) is 0 Å². The molecule has 7 heteroatoms. The van der Waals surface area contributed by atoms with Crippen LogP contribution in [0.5, 0.6) is 0 Å². The second-order valence-electron chi connectivity index (χ2n) is 6.81. The molecule has 1 saturated heterocycles. The van der Waals surface area contributed by atoms with Crippen LogP contribution < -0.4 is 10.8 Å². The van der Waals surface area contributed by atoms with Gasteiger partial charge in [0.1, 0.15) is 6.29 Å². The number of nitrogens with one attached hydrogen (secondary N) is 1. The highest BCUT2D eigenvalue weighted by Crippen LogP contribution is 2.36. The molecule has 0 saturated carbocycles. The van der Waals surface area contributed by atoms with Crippen molar-refractivity contribution in [1.29, 1.82) is 0 Å². The maximum atomic E-state index is 10.6. The third-order valence-corrected chi connectivity index (χ3v) is 4.33. The molecule has 0 atom stereocenters. The molecule has 6 nitrogen and oxygen atoms in total. The summed E-state index contributed by atoms with van der Waals surface area (Å²) in [6.07, 6.45) is 0.827. The van der Waals surface area contributed by atoms with Crippen LogP contribution >= 0.6 is 0 Å². The van der Waals surface area contributed by atoms with Gasteiger partial charge in [-0.25, -0.2) is 0 Å². The number of hydrogen-bond acceptors (Lipinski definition) is 6. The minimum atomic E-state index is -0.360. The zero-order valence-electron chi connectivity index (χ0n) is 17.9. The SMILES string of the molecule is CC.CC1(C)OB(c2ccc(C=O)cc2)OC1(C)C.CNCCOCCO. The molecule has 1 fully saturated rings. The molecule has 0 spiro atoms. The summed E-state index contributed by atoms with van der Waals surface area (Å²) < 4.78 is 16.7. The summed E-state index contributed by atoms with van der Waals surface area (Å²) in [7, 11) is 1.50. The van der Waals surface area contributed by atoms with Gasteiger partial charge < -0.3 is 24.5 Å². The van der Waals surface area contributed by atoms with Gasteiger partial charge in [0.05, 0.1) is 31.0 Å². The van der Waals surface area contributed by atoms with E-state index in [4.69, 9.17) is 19.2 Å². The first kappa shape index (κ1) is 25.8. The number of likely N-dealkylation sites (N-methyl/N-ethyl adjacent to an activating group) is 1. The van der Waals surface area contributed by atoms with Crippen LogP contribution in [0.2, 0.25) is 0 Å². The summed E-state index contributed by atoms with van der Waals surface area (Å²) in [5.41, 5.74) is 0.932. The molecule has 0 amide bonds. The van der Waals surface area contributed by atoms with Crippen molar-refractivity contribution in [2.75, 3.05) is 33.4 Å². The van der Waals surface area contributed by atoms with Crippen LogP contribution in [0.25, 0.3) is 0 Å². The van der Waals surface area contributed by atoms with E-state index in [0.29, 0.717) is 18.8 Å². The van der Waals surface area contributed by atoms with Gasteiger partial charge in [-0.2, -0.15) is 0 Å². The number of benzene rings is 1. The van der Waals surface area contributed by atoms with Crippen LogP contribution in [0, 0.1) is 0 Å². The summed E-state index contributed by atoms with van der Waals surface area (Å²) in [6, 6.07) is 7.28. The van der Waals surface area contributed by atoms with E-state index in [9.17, 15) is 4.79 Å². The molecule has 0 aromatic heterocycles. The Kier molecular flexibility index (Phi) is 12.4. The number of hydrogen-bond donors (Lipinski definition) is 2. The fourth-order valence-corrected chi connectivity index (χ4v) is 2.05. The monoisotopic (exact) mass is 381 g/mol. The molecule has 0 aliphatic carbocycles. The van der Waals surface area contributed by atoms with Gasteiger partial charge >= 0.3 is 7.12 Å². The molecule has 1 aromatic rings. The van der Waals surface area contributed by atoms with E-state index in [1.54, 1.807) is 12.1 Å². The summed E-state index contributed by atoms with van der Waals surface area (Å²) in [6.45, 7) is 14.2. The average molecular weight is 381 g/mol. The van der Waals surface area contributed by atoms with Gasteiger partial charge in [-0.3, -0.25) is 4.79 Å². The van der Waals surface area contributed by atoms with Crippen molar-refractivity contribution in [2.45, 2.75) is 52.7 Å². The van der Waals surface area contributed by atoms with Crippen molar-refractivity contribution >= 4 is 18.9 Å². The number of rotatable bonds is 7. The molecule has 0 radical (unpaired) electrons. The highest BCUT2D eigenvalue weighted by atomic mass is 16.7. The van der Waals surface area contributed by atoms with Crippen LogP contribution in [0.15, 0.2) is 24.3 Å². The fourth-order valence-electron chi connectivity index (χ4n) is 2.05. The Hall–Kier alpha value is -1.25. The third kappa shape index (κ3) is 8.53. The van der Waals surface area contributed by atoms with Crippen molar-refractivity contribution in [3.63, 3.8) is 0 Å². The minimum absolute atomic E-state index is 0.115. The summed E-state index contributed by atoms with van der Waals surface area (Å²) in [4.78, 5) is 10.6. The van der Waals surface area contributed by atoms with E-state index in [-0.39, 0.29) is 24.9 Å². The average Bonchev–Trinajstić information content (AvgIpc) is 2.89. The van der Waals surface area contributed by atoms with Gasteiger partial charge in [-0.05, 0) is 40.2 Å². The quantitative estimate of drug-likeness (QED) is 0.428. The molecular weight excluding hydrogens is 345 g/mol. The largest absolute Gasteiger partial charge is 0.494 e. The van der Waals surface area contributed by atoms with Crippen molar-refractivity contribution in [3.05, 3.63) is 29.8 Å². The number of aliphatic hydroxyl groups excluding tert-OH is 1. The smallest absolute Gasteiger partial charge is 0.399 e. The predicted octanol–water partition coefficient (Wildman–Crippen LogP) is 2.04. The lowest BCUT2D eigenvalue weighted by atomic mass is 9.79. The lowest BCUT2D eigenvalue weighted by Gasteiger charge is -2.32. The molecule has 1 aliphatic heterocycles. The topological polar surface area (TPSA) is 77.0 Å². The van der Waals surface area contributed by atoms with Crippen molar-refractivity contribution in [1.82, 2.24) is 5.32 Å². The molecule has 1 heterocycles. The number of carbonyl (C=O) groups excluding carboxylic acids is 1. The van der Waals surface area contributed by atoms with E-state index in [2.05, 4.69) is 5.32 Å². The number of ether oxygens (including phenoxy) is 1. The Morgan fingerprint density at radius 3 is 2.00 bits per heavy atom. The first-order chi connectivity index (χ1) is 12.8. The fraction of sp³-hybridized carbons (Fsp3) is 0.650. The van der Waals surface area contributed by atoms with Crippen molar-refractivity contribution < 1.29 is 23.9 Å². The van der Waals surface area contributed by atoms with Gasteiger partial charge in [0.25, 0.3) is 0 Å². The highest BCUT2D eigenvalue weighted by molar-refractivity contribution is 6.62. The van der Waals surface area contributed by atoms with Crippen LogP contribution in [0.4, 0.5) is 0 Å². The Balaban J connectivity index is 0.000000574. The van der Waals surface area contributed by atoms with Crippen LogP contribution in [-0.4, -0.2) is 63.1 Å². The lowest BCUT2D eigenvalue weighted by Crippen LogP contribution is -2.41. The molecule has 1 aromatic carbocycles. The Labute approximate surface area is 164 Å². The van der Waals surface area contributed by atoms with E-state index in [1.807, 2.05) is 60.7 Å². The summed E-state index contributed by atoms with van der Waals surface area (Å²) in [5.74, 6) is 0. The Morgan fingerprint density at radius 1 is 1.07 bits per heavy atom. The van der Waals surface area contributed by atoms with Crippen molar-refractivity contribution in [3.8, 4) is 0 Å². The van der Waals surface area contributed by atoms with Crippen molar-refractivity contribution in [2.24, 2.45) is 0 Å². The van der Waals surface area contributed by atoms with Crippen LogP contribution in [-0.2, 0) is 14.0 Å². The van der Waals surface area contributed by atoms with Gasteiger partial charge in [-0.1, -0.05) is 38.1 Å². The van der Waals surface area contributed by atoms with E-state index < -0.39 is 0 Å².